The summed E-state index contributed by atoms with van der Waals surface area (Å²) in [5, 5.41) is 3.62. The predicted molar refractivity (Wildman–Crippen MR) is 90.6 cm³/mol. The standard InChI is InChI=1S/C20H31N/c1-20(2)12-10-16(11-13-20)19(21-3)18-9-5-8-17(14-18)15-6-4-7-15/h5,8-9,14-16,19,21H,4,6-7,10-13H2,1-3H3. The fourth-order valence-corrected chi connectivity index (χ4v) is 4.18. The molecule has 2 aliphatic rings. The van der Waals surface area contributed by atoms with Crippen LogP contribution in [-0.4, -0.2) is 7.05 Å². The predicted octanol–water partition coefficient (Wildman–Crippen LogP) is 5.43. The highest BCUT2D eigenvalue weighted by atomic mass is 14.9. The molecule has 2 fully saturated rings. The smallest absolute Gasteiger partial charge is 0.0346 e. The summed E-state index contributed by atoms with van der Waals surface area (Å²) in [5.41, 5.74) is 3.66. The van der Waals surface area contributed by atoms with Crippen molar-refractivity contribution in [3.63, 3.8) is 0 Å². The van der Waals surface area contributed by atoms with Gasteiger partial charge in [-0.05, 0) is 74.0 Å². The molecule has 0 radical (unpaired) electrons. The number of nitrogens with one attached hydrogen (secondary N) is 1. The summed E-state index contributed by atoms with van der Waals surface area (Å²) in [5.74, 6) is 1.65. The molecule has 1 N–H and O–H groups in total. The molecule has 2 aliphatic carbocycles. The van der Waals surface area contributed by atoms with E-state index < -0.39 is 0 Å². The fraction of sp³-hybridized carbons (Fsp3) is 0.700. The third-order valence-electron chi connectivity index (χ3n) is 6.01. The third-order valence-corrected chi connectivity index (χ3v) is 6.01. The van der Waals surface area contributed by atoms with Gasteiger partial charge in [0, 0.05) is 6.04 Å². The second-order valence-electron chi connectivity index (χ2n) is 8.07. The van der Waals surface area contributed by atoms with Crippen LogP contribution in [0.3, 0.4) is 0 Å². The highest BCUT2D eigenvalue weighted by molar-refractivity contribution is 5.30. The van der Waals surface area contributed by atoms with Gasteiger partial charge in [-0.2, -0.15) is 0 Å². The largest absolute Gasteiger partial charge is 0.313 e. The lowest BCUT2D eigenvalue weighted by atomic mass is 9.70. The summed E-state index contributed by atoms with van der Waals surface area (Å²) >= 11 is 0. The van der Waals surface area contributed by atoms with E-state index in [1.807, 2.05) is 0 Å². The molecule has 1 aromatic carbocycles. The van der Waals surface area contributed by atoms with E-state index >= 15 is 0 Å². The molecule has 0 spiro atoms. The number of hydrogen-bond donors (Lipinski definition) is 1. The Balaban J connectivity index is 1.73. The molecule has 116 valence electrons. The van der Waals surface area contributed by atoms with Crippen molar-refractivity contribution < 1.29 is 0 Å². The van der Waals surface area contributed by atoms with Crippen LogP contribution in [0.2, 0.25) is 0 Å². The van der Waals surface area contributed by atoms with Crippen LogP contribution in [0, 0.1) is 11.3 Å². The molecule has 0 aromatic heterocycles. The lowest BCUT2D eigenvalue weighted by Crippen LogP contribution is -2.31. The quantitative estimate of drug-likeness (QED) is 0.777. The number of hydrogen-bond acceptors (Lipinski definition) is 1. The second kappa shape index (κ2) is 6.12. The van der Waals surface area contributed by atoms with Gasteiger partial charge in [-0.1, -0.05) is 44.5 Å². The molecule has 1 aromatic rings. The van der Waals surface area contributed by atoms with Gasteiger partial charge in [0.15, 0.2) is 0 Å². The minimum Gasteiger partial charge on any atom is -0.313 e. The molecule has 21 heavy (non-hydrogen) atoms. The summed E-state index contributed by atoms with van der Waals surface area (Å²) in [6.07, 6.45) is 9.69. The van der Waals surface area contributed by atoms with Crippen molar-refractivity contribution in [1.29, 1.82) is 0 Å². The van der Waals surface area contributed by atoms with Gasteiger partial charge in [0.05, 0.1) is 0 Å². The van der Waals surface area contributed by atoms with Crippen LogP contribution in [0.1, 0.15) is 81.9 Å². The Hall–Kier alpha value is -0.820. The third kappa shape index (κ3) is 3.34. The average Bonchev–Trinajstić information content (AvgIpc) is 2.40. The van der Waals surface area contributed by atoms with Crippen molar-refractivity contribution in [2.24, 2.45) is 11.3 Å². The van der Waals surface area contributed by atoms with Crippen molar-refractivity contribution in [2.45, 2.75) is 70.8 Å². The molecule has 2 saturated carbocycles. The maximum atomic E-state index is 3.62. The molecule has 0 saturated heterocycles. The van der Waals surface area contributed by atoms with Crippen LogP contribution >= 0.6 is 0 Å². The molecular formula is C20H31N. The minimum atomic E-state index is 0.543. The Morgan fingerprint density at radius 3 is 2.38 bits per heavy atom. The van der Waals surface area contributed by atoms with Crippen LogP contribution < -0.4 is 5.32 Å². The van der Waals surface area contributed by atoms with Gasteiger partial charge in [-0.25, -0.2) is 0 Å². The Morgan fingerprint density at radius 1 is 1.10 bits per heavy atom. The maximum absolute atomic E-state index is 3.62. The Kier molecular flexibility index (Phi) is 4.40. The lowest BCUT2D eigenvalue weighted by Gasteiger charge is -2.38. The minimum absolute atomic E-state index is 0.543. The summed E-state index contributed by atoms with van der Waals surface area (Å²) in [4.78, 5) is 0. The maximum Gasteiger partial charge on any atom is 0.0346 e. The van der Waals surface area contributed by atoms with Crippen LogP contribution in [-0.2, 0) is 0 Å². The van der Waals surface area contributed by atoms with E-state index in [1.54, 1.807) is 5.56 Å². The highest BCUT2D eigenvalue weighted by Crippen LogP contribution is 2.43. The first-order valence-corrected chi connectivity index (χ1v) is 8.86. The Bertz CT molecular complexity index is 462. The van der Waals surface area contributed by atoms with Gasteiger partial charge in [-0.15, -0.1) is 0 Å². The zero-order valence-corrected chi connectivity index (χ0v) is 14.0. The van der Waals surface area contributed by atoms with Gasteiger partial charge in [0.25, 0.3) is 0 Å². The van der Waals surface area contributed by atoms with Crippen LogP contribution in [0.25, 0.3) is 0 Å². The Morgan fingerprint density at radius 2 is 1.81 bits per heavy atom. The van der Waals surface area contributed by atoms with Crippen LogP contribution in [0.4, 0.5) is 0 Å². The van der Waals surface area contributed by atoms with Crippen molar-refractivity contribution in [2.75, 3.05) is 7.05 Å². The van der Waals surface area contributed by atoms with Gasteiger partial charge < -0.3 is 5.32 Å². The normalized spacial score (nSPS) is 24.5. The van der Waals surface area contributed by atoms with Crippen LogP contribution in [0.5, 0.6) is 0 Å². The SMILES string of the molecule is CNC(c1cccc(C2CCC2)c1)C1CCC(C)(C)CC1. The molecule has 0 aliphatic heterocycles. The van der Waals surface area contributed by atoms with E-state index in [0.717, 1.165) is 11.8 Å². The second-order valence-corrected chi connectivity index (χ2v) is 8.07. The lowest BCUT2D eigenvalue weighted by molar-refractivity contribution is 0.164. The zero-order chi connectivity index (χ0) is 14.9. The highest BCUT2D eigenvalue weighted by Gasteiger charge is 2.31. The van der Waals surface area contributed by atoms with Crippen molar-refractivity contribution in [3.8, 4) is 0 Å². The molecular weight excluding hydrogens is 254 g/mol. The van der Waals surface area contributed by atoms with Gasteiger partial charge in [0.1, 0.15) is 0 Å². The topological polar surface area (TPSA) is 12.0 Å². The molecule has 0 amide bonds. The van der Waals surface area contributed by atoms with E-state index in [-0.39, 0.29) is 0 Å². The first kappa shape index (κ1) is 15.1. The number of rotatable bonds is 4. The first-order valence-electron chi connectivity index (χ1n) is 8.86. The van der Waals surface area contributed by atoms with Crippen LogP contribution in [0.15, 0.2) is 24.3 Å². The summed E-state index contributed by atoms with van der Waals surface area (Å²) < 4.78 is 0. The molecule has 3 rings (SSSR count). The van der Waals surface area contributed by atoms with Crippen molar-refractivity contribution in [1.82, 2.24) is 5.32 Å². The van der Waals surface area contributed by atoms with E-state index in [4.69, 9.17) is 0 Å². The monoisotopic (exact) mass is 285 g/mol. The number of benzene rings is 1. The van der Waals surface area contributed by atoms with Crippen molar-refractivity contribution >= 4 is 0 Å². The molecule has 0 bridgehead atoms. The molecule has 1 atom stereocenters. The molecule has 1 unspecified atom stereocenters. The molecule has 1 nitrogen and oxygen atoms in total. The van der Waals surface area contributed by atoms with E-state index in [2.05, 4.69) is 50.5 Å². The summed E-state index contributed by atoms with van der Waals surface area (Å²) in [6, 6.07) is 9.99. The Labute approximate surface area is 130 Å². The van der Waals surface area contributed by atoms with Gasteiger partial charge in [0.2, 0.25) is 0 Å². The zero-order valence-electron chi connectivity index (χ0n) is 14.0. The van der Waals surface area contributed by atoms with E-state index in [0.29, 0.717) is 11.5 Å². The van der Waals surface area contributed by atoms with Crippen molar-refractivity contribution in [3.05, 3.63) is 35.4 Å². The summed E-state index contributed by atoms with van der Waals surface area (Å²) in [7, 11) is 2.14. The molecule has 1 heteroatoms. The summed E-state index contributed by atoms with van der Waals surface area (Å²) in [6.45, 7) is 4.85. The molecule has 0 heterocycles. The first-order chi connectivity index (χ1) is 10.1. The van der Waals surface area contributed by atoms with Gasteiger partial charge >= 0.3 is 0 Å². The van der Waals surface area contributed by atoms with E-state index in [9.17, 15) is 0 Å². The average molecular weight is 285 g/mol. The van der Waals surface area contributed by atoms with E-state index in [1.165, 1.54) is 50.5 Å². The fourth-order valence-electron chi connectivity index (χ4n) is 4.18. The van der Waals surface area contributed by atoms with Gasteiger partial charge in [-0.3, -0.25) is 0 Å².